The van der Waals surface area contributed by atoms with Gasteiger partial charge in [0.25, 0.3) is 0 Å². The molecule has 10 heteroatoms. The van der Waals surface area contributed by atoms with E-state index in [2.05, 4.69) is 14.7 Å². The Morgan fingerprint density at radius 3 is 2.55 bits per heavy atom. The minimum absolute atomic E-state index is 0.144. The summed E-state index contributed by atoms with van der Waals surface area (Å²) in [6, 6.07) is 14.2. The molecule has 1 aliphatic rings. The van der Waals surface area contributed by atoms with Crippen LogP contribution in [0.5, 0.6) is 5.88 Å². The first-order valence-corrected chi connectivity index (χ1v) is 11.0. The lowest BCUT2D eigenvalue weighted by atomic mass is 9.82. The number of anilines is 1. The third-order valence-electron chi connectivity index (χ3n) is 5.29. The molecule has 0 atom stereocenters. The fourth-order valence-electron chi connectivity index (χ4n) is 3.45. The van der Waals surface area contributed by atoms with Crippen molar-refractivity contribution in [1.29, 1.82) is 0 Å². The van der Waals surface area contributed by atoms with Crippen LogP contribution in [-0.2, 0) is 11.0 Å². The summed E-state index contributed by atoms with van der Waals surface area (Å²) in [6.07, 6.45) is -3.86. The number of carboxylic acid groups (broad SMARTS) is 1. The van der Waals surface area contributed by atoms with Crippen LogP contribution in [0.2, 0.25) is 0 Å². The number of carboxylic acids is 1. The van der Waals surface area contributed by atoms with Crippen molar-refractivity contribution in [3.8, 4) is 17.1 Å². The Bertz CT molecular complexity index is 1170. The predicted molar refractivity (Wildman–Crippen MR) is 118 cm³/mol. The van der Waals surface area contributed by atoms with Crippen molar-refractivity contribution in [2.45, 2.75) is 37.1 Å². The monoisotopic (exact) mass is 475 g/mol. The maximum absolute atomic E-state index is 13.6. The summed E-state index contributed by atoms with van der Waals surface area (Å²) in [5, 5.41) is 9.49. The van der Waals surface area contributed by atoms with Gasteiger partial charge < -0.3 is 14.6 Å². The second-order valence-electron chi connectivity index (χ2n) is 7.67. The van der Waals surface area contributed by atoms with Gasteiger partial charge in [-0.3, -0.25) is 4.79 Å². The zero-order chi connectivity index (χ0) is 23.6. The zero-order valence-corrected chi connectivity index (χ0v) is 18.3. The van der Waals surface area contributed by atoms with E-state index in [1.807, 2.05) is 0 Å². The Labute approximate surface area is 192 Å². The van der Waals surface area contributed by atoms with Crippen molar-refractivity contribution in [3.05, 3.63) is 65.7 Å². The molecule has 0 unspecified atom stereocenters. The Kier molecular flexibility index (Phi) is 6.46. The highest BCUT2D eigenvalue weighted by molar-refractivity contribution is 8.00. The first-order chi connectivity index (χ1) is 15.7. The van der Waals surface area contributed by atoms with Crippen LogP contribution >= 0.6 is 11.9 Å². The second-order valence-corrected chi connectivity index (χ2v) is 8.50. The van der Waals surface area contributed by atoms with Crippen molar-refractivity contribution in [2.24, 2.45) is 5.92 Å². The van der Waals surface area contributed by atoms with Gasteiger partial charge in [-0.2, -0.15) is 13.2 Å². The van der Waals surface area contributed by atoms with E-state index in [1.165, 1.54) is 6.07 Å². The van der Waals surface area contributed by atoms with E-state index >= 15 is 0 Å². The van der Waals surface area contributed by atoms with Gasteiger partial charge in [0.15, 0.2) is 0 Å². The molecule has 0 amide bonds. The number of halogens is 3. The quantitative estimate of drug-likeness (QED) is 0.416. The Morgan fingerprint density at radius 1 is 1.09 bits per heavy atom. The minimum atomic E-state index is -4.54. The Morgan fingerprint density at radius 2 is 1.85 bits per heavy atom. The van der Waals surface area contributed by atoms with E-state index in [0.29, 0.717) is 34.9 Å². The summed E-state index contributed by atoms with van der Waals surface area (Å²) in [4.78, 5) is 19.5. The largest absolute Gasteiger partial charge is 0.481 e. The van der Waals surface area contributed by atoms with Gasteiger partial charge in [0, 0.05) is 23.6 Å². The van der Waals surface area contributed by atoms with Gasteiger partial charge in [-0.05, 0) is 43.5 Å². The molecule has 33 heavy (non-hydrogen) atoms. The van der Waals surface area contributed by atoms with Crippen LogP contribution < -0.4 is 9.46 Å². The molecule has 1 fully saturated rings. The molecular formula is C23H20F3N3O3S. The molecule has 0 saturated heterocycles. The summed E-state index contributed by atoms with van der Waals surface area (Å²) < 4.78 is 49.4. The first kappa shape index (κ1) is 22.9. The highest BCUT2D eigenvalue weighted by Gasteiger charge is 2.36. The third-order valence-corrected chi connectivity index (χ3v) is 6.04. The number of carbonyl (C=O) groups is 1. The maximum Gasteiger partial charge on any atom is 0.418 e. The van der Waals surface area contributed by atoms with Gasteiger partial charge in [0.1, 0.15) is 16.9 Å². The Hall–Kier alpha value is -3.27. The molecule has 172 valence electrons. The van der Waals surface area contributed by atoms with Crippen LogP contribution in [0, 0.1) is 12.8 Å². The number of nitrogens with zero attached hydrogens (tertiary/aromatic N) is 2. The molecule has 3 aromatic rings. The van der Waals surface area contributed by atoms with E-state index in [-0.39, 0.29) is 23.5 Å². The van der Waals surface area contributed by atoms with Crippen LogP contribution in [0.15, 0.2) is 59.6 Å². The van der Waals surface area contributed by atoms with Crippen molar-refractivity contribution < 1.29 is 27.8 Å². The SMILES string of the molecule is Cc1ccccc1-c1nc(NSc2cccc(OC3CC(C(=O)O)C3)n2)ccc1C(F)(F)F. The minimum Gasteiger partial charge on any atom is -0.481 e. The van der Waals surface area contributed by atoms with E-state index in [1.54, 1.807) is 49.4 Å². The number of hydrogen-bond acceptors (Lipinski definition) is 6. The molecule has 2 N–H and O–H groups in total. The number of benzene rings is 1. The molecule has 4 rings (SSSR count). The highest BCUT2D eigenvalue weighted by Crippen LogP contribution is 2.38. The van der Waals surface area contributed by atoms with Gasteiger partial charge >= 0.3 is 12.1 Å². The molecule has 0 aliphatic heterocycles. The van der Waals surface area contributed by atoms with Crippen LogP contribution in [-0.4, -0.2) is 27.1 Å². The molecule has 0 bridgehead atoms. The molecule has 1 aromatic carbocycles. The van der Waals surface area contributed by atoms with Gasteiger partial charge in [-0.15, -0.1) is 0 Å². The van der Waals surface area contributed by atoms with Crippen LogP contribution in [0.4, 0.5) is 19.0 Å². The number of ether oxygens (including phenoxy) is 1. The number of alkyl halides is 3. The fraction of sp³-hybridized carbons (Fsp3) is 0.261. The summed E-state index contributed by atoms with van der Waals surface area (Å²) in [6.45, 7) is 1.74. The lowest BCUT2D eigenvalue weighted by Gasteiger charge is -2.31. The molecule has 0 spiro atoms. The van der Waals surface area contributed by atoms with E-state index in [4.69, 9.17) is 9.84 Å². The number of rotatable bonds is 7. The number of aliphatic carboxylic acids is 1. The molecule has 0 radical (unpaired) electrons. The van der Waals surface area contributed by atoms with Crippen LogP contribution in [0.25, 0.3) is 11.3 Å². The van der Waals surface area contributed by atoms with Crippen molar-refractivity contribution in [2.75, 3.05) is 4.72 Å². The molecular weight excluding hydrogens is 455 g/mol. The summed E-state index contributed by atoms with van der Waals surface area (Å²) in [7, 11) is 0. The van der Waals surface area contributed by atoms with E-state index < -0.39 is 17.7 Å². The average Bonchev–Trinajstić information content (AvgIpc) is 2.74. The lowest BCUT2D eigenvalue weighted by Crippen LogP contribution is -2.38. The number of pyridine rings is 2. The highest BCUT2D eigenvalue weighted by atomic mass is 32.2. The zero-order valence-electron chi connectivity index (χ0n) is 17.5. The smallest absolute Gasteiger partial charge is 0.418 e. The molecule has 1 saturated carbocycles. The molecule has 2 heterocycles. The summed E-state index contributed by atoms with van der Waals surface area (Å²) in [5.41, 5.74) is 0.148. The molecule has 6 nitrogen and oxygen atoms in total. The second kappa shape index (κ2) is 9.30. The Balaban J connectivity index is 1.48. The normalized spacial score (nSPS) is 17.8. The topological polar surface area (TPSA) is 84.3 Å². The van der Waals surface area contributed by atoms with Gasteiger partial charge in [-0.1, -0.05) is 30.3 Å². The molecule has 2 aromatic heterocycles. The predicted octanol–water partition coefficient (Wildman–Crippen LogP) is 5.83. The standard InChI is InChI=1S/C23H20F3N3O3S/c1-13-5-2-3-6-16(13)21-17(23(24,25)26)9-10-18(27-21)29-33-20-8-4-7-19(28-20)32-15-11-14(12-15)22(30)31/h2-10,14-15H,11-12H2,1H3,(H,27,29)(H,30,31). The number of nitrogens with one attached hydrogen (secondary N) is 1. The lowest BCUT2D eigenvalue weighted by molar-refractivity contribution is -0.148. The summed E-state index contributed by atoms with van der Waals surface area (Å²) in [5.74, 6) is -0.605. The van der Waals surface area contributed by atoms with Gasteiger partial charge in [-0.25, -0.2) is 9.97 Å². The van der Waals surface area contributed by atoms with Crippen molar-refractivity contribution >= 4 is 23.7 Å². The van der Waals surface area contributed by atoms with Crippen molar-refractivity contribution in [1.82, 2.24) is 9.97 Å². The van der Waals surface area contributed by atoms with Crippen LogP contribution in [0.3, 0.4) is 0 Å². The van der Waals surface area contributed by atoms with Gasteiger partial charge in [0.2, 0.25) is 5.88 Å². The molecule has 1 aliphatic carbocycles. The van der Waals surface area contributed by atoms with E-state index in [0.717, 1.165) is 18.0 Å². The van der Waals surface area contributed by atoms with E-state index in [9.17, 15) is 18.0 Å². The third kappa shape index (κ3) is 5.39. The first-order valence-electron chi connectivity index (χ1n) is 10.1. The fourth-order valence-corrected chi connectivity index (χ4v) is 4.05. The summed E-state index contributed by atoms with van der Waals surface area (Å²) >= 11 is 1.09. The number of aromatic nitrogens is 2. The van der Waals surface area contributed by atoms with Crippen LogP contribution in [0.1, 0.15) is 24.0 Å². The maximum atomic E-state index is 13.6. The van der Waals surface area contributed by atoms with Crippen molar-refractivity contribution in [3.63, 3.8) is 0 Å². The van der Waals surface area contributed by atoms with Gasteiger partial charge in [0.05, 0.1) is 17.2 Å². The number of aryl methyl sites for hydroxylation is 1. The number of hydrogen-bond donors (Lipinski definition) is 2. The average molecular weight is 475 g/mol.